The number of nitrogens with zero attached hydrogens (tertiary/aromatic N) is 2. The van der Waals surface area contributed by atoms with Crippen molar-refractivity contribution >= 4 is 23.7 Å². The van der Waals surface area contributed by atoms with Crippen molar-refractivity contribution < 1.29 is 18.0 Å². The zero-order chi connectivity index (χ0) is 18.4. The molecule has 1 N–H and O–H groups in total. The second-order valence-electron chi connectivity index (χ2n) is 5.38. The number of carbonyl (C=O) groups excluding carboxylic acids is 1. The summed E-state index contributed by atoms with van der Waals surface area (Å²) >= 11 is 1.55. The van der Waals surface area contributed by atoms with Gasteiger partial charge in [0.15, 0.2) is 0 Å². The molecule has 0 aliphatic carbocycles. The van der Waals surface area contributed by atoms with Gasteiger partial charge in [-0.1, -0.05) is 11.2 Å². The molecule has 2 aromatic carbocycles. The molecule has 1 amide bonds. The molecule has 0 bridgehead atoms. The standard InChI is InChI=1S/C18H15F2N3O2S/c19-13-6-8-15(9-7-13)26-10-2-5-16(24)21-18-23-22-17(25-18)12-3-1-4-14(20)11-12/h1,3-4,6-9,11H,2,5,10H2,(H,21,23,24). The topological polar surface area (TPSA) is 68.0 Å². The van der Waals surface area contributed by atoms with Gasteiger partial charge in [0, 0.05) is 16.9 Å². The maximum absolute atomic E-state index is 13.2. The third kappa shape index (κ3) is 5.13. The van der Waals surface area contributed by atoms with Gasteiger partial charge in [-0.05, 0) is 54.6 Å². The smallest absolute Gasteiger partial charge is 0.322 e. The molecule has 0 spiro atoms. The van der Waals surface area contributed by atoms with E-state index in [2.05, 4.69) is 15.5 Å². The Labute approximate surface area is 152 Å². The van der Waals surface area contributed by atoms with Gasteiger partial charge in [-0.15, -0.1) is 16.9 Å². The summed E-state index contributed by atoms with van der Waals surface area (Å²) in [5.74, 6) is -0.0844. The normalized spacial score (nSPS) is 10.7. The van der Waals surface area contributed by atoms with Crippen molar-refractivity contribution in [3.8, 4) is 11.5 Å². The minimum Gasteiger partial charge on any atom is -0.403 e. The molecule has 8 heteroatoms. The Morgan fingerprint density at radius 2 is 1.88 bits per heavy atom. The zero-order valence-corrected chi connectivity index (χ0v) is 14.4. The quantitative estimate of drug-likeness (QED) is 0.486. The summed E-state index contributed by atoms with van der Waals surface area (Å²) in [4.78, 5) is 12.9. The van der Waals surface area contributed by atoms with E-state index in [0.29, 0.717) is 12.0 Å². The predicted octanol–water partition coefficient (Wildman–Crippen LogP) is 4.53. The molecule has 0 saturated carbocycles. The molecular formula is C18H15F2N3O2S. The number of anilines is 1. The van der Waals surface area contributed by atoms with Crippen LogP contribution in [-0.4, -0.2) is 21.9 Å². The van der Waals surface area contributed by atoms with E-state index in [4.69, 9.17) is 4.42 Å². The molecule has 0 saturated heterocycles. The first-order chi connectivity index (χ1) is 12.6. The Kier molecular flexibility index (Phi) is 5.96. The third-order valence-corrected chi connectivity index (χ3v) is 4.47. The van der Waals surface area contributed by atoms with Crippen molar-refractivity contribution in [3.63, 3.8) is 0 Å². The number of aromatic nitrogens is 2. The van der Waals surface area contributed by atoms with Crippen LogP contribution in [-0.2, 0) is 4.79 Å². The fraction of sp³-hybridized carbons (Fsp3) is 0.167. The highest BCUT2D eigenvalue weighted by Gasteiger charge is 2.11. The summed E-state index contributed by atoms with van der Waals surface area (Å²) in [6, 6.07) is 11.9. The van der Waals surface area contributed by atoms with E-state index in [0.717, 1.165) is 10.6 Å². The van der Waals surface area contributed by atoms with Gasteiger partial charge in [-0.3, -0.25) is 10.1 Å². The number of carbonyl (C=O) groups is 1. The zero-order valence-electron chi connectivity index (χ0n) is 13.6. The van der Waals surface area contributed by atoms with Gasteiger partial charge < -0.3 is 4.42 Å². The van der Waals surface area contributed by atoms with E-state index >= 15 is 0 Å². The minimum atomic E-state index is -0.412. The number of hydrogen-bond acceptors (Lipinski definition) is 5. The van der Waals surface area contributed by atoms with Crippen molar-refractivity contribution in [3.05, 3.63) is 60.2 Å². The molecule has 1 heterocycles. The number of thioether (sulfide) groups is 1. The Bertz CT molecular complexity index is 884. The lowest BCUT2D eigenvalue weighted by Gasteiger charge is -2.02. The van der Waals surface area contributed by atoms with Crippen molar-refractivity contribution in [1.29, 1.82) is 0 Å². The van der Waals surface area contributed by atoms with Crippen LogP contribution in [0.25, 0.3) is 11.5 Å². The lowest BCUT2D eigenvalue weighted by molar-refractivity contribution is -0.116. The van der Waals surface area contributed by atoms with Crippen LogP contribution in [0.3, 0.4) is 0 Å². The van der Waals surface area contributed by atoms with Gasteiger partial charge >= 0.3 is 6.01 Å². The van der Waals surface area contributed by atoms with Gasteiger partial charge in [-0.25, -0.2) is 8.78 Å². The van der Waals surface area contributed by atoms with Crippen LogP contribution >= 0.6 is 11.8 Å². The van der Waals surface area contributed by atoms with Crippen LogP contribution in [0.15, 0.2) is 57.8 Å². The Morgan fingerprint density at radius 3 is 2.65 bits per heavy atom. The fourth-order valence-corrected chi connectivity index (χ4v) is 3.00. The lowest BCUT2D eigenvalue weighted by atomic mass is 10.2. The number of halogens is 2. The third-order valence-electron chi connectivity index (χ3n) is 3.37. The highest BCUT2D eigenvalue weighted by Crippen LogP contribution is 2.21. The number of amides is 1. The van der Waals surface area contributed by atoms with E-state index in [1.165, 1.54) is 30.3 Å². The van der Waals surface area contributed by atoms with Gasteiger partial charge in [-0.2, -0.15) is 0 Å². The van der Waals surface area contributed by atoms with Crippen LogP contribution in [0.4, 0.5) is 14.8 Å². The second kappa shape index (κ2) is 8.57. The predicted molar refractivity (Wildman–Crippen MR) is 94.7 cm³/mol. The Morgan fingerprint density at radius 1 is 1.08 bits per heavy atom. The second-order valence-corrected chi connectivity index (χ2v) is 6.55. The molecule has 0 aliphatic heterocycles. The highest BCUT2D eigenvalue weighted by atomic mass is 32.2. The van der Waals surface area contributed by atoms with E-state index < -0.39 is 5.82 Å². The average Bonchev–Trinajstić information content (AvgIpc) is 3.09. The molecule has 0 fully saturated rings. The van der Waals surface area contributed by atoms with E-state index in [-0.39, 0.29) is 30.1 Å². The first-order valence-corrected chi connectivity index (χ1v) is 8.86. The first kappa shape index (κ1) is 18.1. The van der Waals surface area contributed by atoms with Crippen molar-refractivity contribution in [2.75, 3.05) is 11.1 Å². The molecule has 0 radical (unpaired) electrons. The van der Waals surface area contributed by atoms with Crippen molar-refractivity contribution in [2.45, 2.75) is 17.7 Å². The number of benzene rings is 2. The SMILES string of the molecule is O=C(CCCSc1ccc(F)cc1)Nc1nnc(-c2cccc(F)c2)o1. The fourth-order valence-electron chi connectivity index (χ4n) is 2.15. The van der Waals surface area contributed by atoms with Crippen LogP contribution in [0, 0.1) is 11.6 Å². The maximum atomic E-state index is 13.2. The summed E-state index contributed by atoms with van der Waals surface area (Å²) < 4.78 is 31.3. The molecule has 3 aromatic rings. The van der Waals surface area contributed by atoms with Crippen molar-refractivity contribution in [1.82, 2.24) is 10.2 Å². The monoisotopic (exact) mass is 375 g/mol. The molecule has 134 valence electrons. The van der Waals surface area contributed by atoms with E-state index in [1.807, 2.05) is 0 Å². The van der Waals surface area contributed by atoms with Gasteiger partial charge in [0.05, 0.1) is 0 Å². The van der Waals surface area contributed by atoms with Crippen molar-refractivity contribution in [2.24, 2.45) is 0 Å². The summed E-state index contributed by atoms with van der Waals surface area (Å²) in [6.07, 6.45) is 0.921. The Hall–Kier alpha value is -2.74. The van der Waals surface area contributed by atoms with E-state index in [1.54, 1.807) is 30.0 Å². The number of hydrogen-bond donors (Lipinski definition) is 1. The summed E-state index contributed by atoms with van der Waals surface area (Å²) in [6.45, 7) is 0. The first-order valence-electron chi connectivity index (χ1n) is 7.88. The highest BCUT2D eigenvalue weighted by molar-refractivity contribution is 7.99. The summed E-state index contributed by atoms with van der Waals surface area (Å²) in [5.41, 5.74) is 0.439. The molecular weight excluding hydrogens is 360 g/mol. The molecule has 0 aliphatic rings. The minimum absolute atomic E-state index is 0.0274. The molecule has 3 rings (SSSR count). The molecule has 0 atom stereocenters. The summed E-state index contributed by atoms with van der Waals surface area (Å²) in [7, 11) is 0. The maximum Gasteiger partial charge on any atom is 0.322 e. The molecule has 1 aromatic heterocycles. The lowest BCUT2D eigenvalue weighted by Crippen LogP contribution is -2.11. The van der Waals surface area contributed by atoms with Crippen LogP contribution < -0.4 is 5.32 Å². The van der Waals surface area contributed by atoms with Crippen LogP contribution in [0.5, 0.6) is 0 Å². The van der Waals surface area contributed by atoms with Gasteiger partial charge in [0.25, 0.3) is 0 Å². The van der Waals surface area contributed by atoms with Gasteiger partial charge in [0.2, 0.25) is 11.8 Å². The molecule has 5 nitrogen and oxygen atoms in total. The number of nitrogens with one attached hydrogen (secondary N) is 1. The molecule has 26 heavy (non-hydrogen) atoms. The van der Waals surface area contributed by atoms with Crippen LogP contribution in [0.1, 0.15) is 12.8 Å². The average molecular weight is 375 g/mol. The van der Waals surface area contributed by atoms with Crippen LogP contribution in [0.2, 0.25) is 0 Å². The molecule has 0 unspecified atom stereocenters. The summed E-state index contributed by atoms with van der Waals surface area (Å²) in [5, 5.41) is 10.0. The Balaban J connectivity index is 1.44. The van der Waals surface area contributed by atoms with Gasteiger partial charge in [0.1, 0.15) is 11.6 Å². The number of rotatable bonds is 7. The largest absolute Gasteiger partial charge is 0.403 e. The van der Waals surface area contributed by atoms with E-state index in [9.17, 15) is 13.6 Å².